The van der Waals surface area contributed by atoms with Gasteiger partial charge in [-0.15, -0.1) is 0 Å². The molecule has 1 aromatic carbocycles. The zero-order chi connectivity index (χ0) is 17.6. The number of para-hydroxylation sites is 1. The Balaban J connectivity index is 3.04. The molecule has 23 heavy (non-hydrogen) atoms. The lowest BCUT2D eigenvalue weighted by Gasteiger charge is -2.25. The van der Waals surface area contributed by atoms with Crippen LogP contribution in [0.1, 0.15) is 90.2 Å². The number of unbranched alkanes of at least 4 members (excludes halogenated alkanes) is 2. The Bertz CT molecular complexity index is 494. The number of nitrogens with one attached hydrogen (secondary N) is 1. The van der Waals surface area contributed by atoms with Crippen LogP contribution in [0.25, 0.3) is 0 Å². The normalized spacial score (nSPS) is 14.1. The molecule has 130 valence electrons. The zero-order valence-electron chi connectivity index (χ0n) is 15.5. The second-order valence-electron chi connectivity index (χ2n) is 7.23. The molecular formula is C20H32BrNO. The van der Waals surface area contributed by atoms with E-state index in [0.717, 1.165) is 24.9 Å². The van der Waals surface area contributed by atoms with Crippen LogP contribution in [0.3, 0.4) is 0 Å². The lowest BCUT2D eigenvalue weighted by molar-refractivity contribution is -0.118. The minimum atomic E-state index is -0.513. The first-order valence-corrected chi connectivity index (χ1v) is 9.63. The molecule has 1 amide bonds. The van der Waals surface area contributed by atoms with Gasteiger partial charge in [-0.1, -0.05) is 88.0 Å². The second kappa shape index (κ2) is 8.86. The molecule has 0 fully saturated rings. The van der Waals surface area contributed by atoms with Crippen molar-refractivity contribution >= 4 is 27.5 Å². The standard InChI is InChI=1S/C20H32BrNO/c1-7-8-9-13-20(6,21)19(23)22-18-16(14(2)3)11-10-12-17(18)15(4)5/h10-12,14-15H,7-9,13H2,1-6H3,(H,22,23). The zero-order valence-corrected chi connectivity index (χ0v) is 17.1. The number of halogens is 1. The third-order valence-corrected chi connectivity index (χ3v) is 5.09. The second-order valence-corrected chi connectivity index (χ2v) is 8.98. The van der Waals surface area contributed by atoms with Crippen molar-refractivity contribution in [2.45, 2.75) is 83.4 Å². The number of carbonyl (C=O) groups is 1. The highest BCUT2D eigenvalue weighted by molar-refractivity contribution is 9.10. The molecule has 0 saturated heterocycles. The number of rotatable bonds is 8. The summed E-state index contributed by atoms with van der Waals surface area (Å²) in [5.74, 6) is 0.819. The van der Waals surface area contributed by atoms with Gasteiger partial charge in [0.1, 0.15) is 4.32 Å². The third-order valence-electron chi connectivity index (χ3n) is 4.33. The number of anilines is 1. The molecule has 0 bridgehead atoms. The van der Waals surface area contributed by atoms with E-state index in [4.69, 9.17) is 0 Å². The van der Waals surface area contributed by atoms with Crippen LogP contribution in [0.4, 0.5) is 5.69 Å². The molecule has 1 aromatic rings. The topological polar surface area (TPSA) is 29.1 Å². The summed E-state index contributed by atoms with van der Waals surface area (Å²) in [7, 11) is 0. The molecule has 1 N–H and O–H groups in total. The fourth-order valence-electron chi connectivity index (χ4n) is 2.76. The van der Waals surface area contributed by atoms with Crippen LogP contribution in [-0.4, -0.2) is 10.2 Å². The lowest BCUT2D eigenvalue weighted by Crippen LogP contribution is -2.35. The van der Waals surface area contributed by atoms with E-state index in [1.165, 1.54) is 17.5 Å². The van der Waals surface area contributed by atoms with Crippen molar-refractivity contribution in [2.24, 2.45) is 0 Å². The monoisotopic (exact) mass is 381 g/mol. The van der Waals surface area contributed by atoms with Crippen LogP contribution in [0.2, 0.25) is 0 Å². The maximum atomic E-state index is 12.8. The Morgan fingerprint density at radius 3 is 2.09 bits per heavy atom. The SMILES string of the molecule is CCCCCC(C)(Br)C(=O)Nc1c(C(C)C)cccc1C(C)C. The molecular weight excluding hydrogens is 350 g/mol. The van der Waals surface area contributed by atoms with Crippen molar-refractivity contribution < 1.29 is 4.79 Å². The summed E-state index contributed by atoms with van der Waals surface area (Å²) >= 11 is 3.65. The largest absolute Gasteiger partial charge is 0.324 e. The predicted octanol–water partition coefficient (Wildman–Crippen LogP) is 6.61. The molecule has 0 saturated carbocycles. The van der Waals surface area contributed by atoms with E-state index < -0.39 is 4.32 Å². The van der Waals surface area contributed by atoms with E-state index in [-0.39, 0.29) is 5.91 Å². The van der Waals surface area contributed by atoms with Gasteiger partial charge in [0.2, 0.25) is 5.91 Å². The molecule has 0 aliphatic carbocycles. The van der Waals surface area contributed by atoms with Crippen LogP contribution in [0.15, 0.2) is 18.2 Å². The molecule has 1 rings (SSSR count). The van der Waals surface area contributed by atoms with Crippen LogP contribution in [0.5, 0.6) is 0 Å². The minimum absolute atomic E-state index is 0.0589. The Labute approximate surface area is 150 Å². The van der Waals surface area contributed by atoms with Gasteiger partial charge in [0.15, 0.2) is 0 Å². The number of hydrogen-bond donors (Lipinski definition) is 1. The van der Waals surface area contributed by atoms with E-state index >= 15 is 0 Å². The first-order valence-electron chi connectivity index (χ1n) is 8.83. The van der Waals surface area contributed by atoms with Gasteiger partial charge >= 0.3 is 0 Å². The summed E-state index contributed by atoms with van der Waals surface area (Å²) in [6.45, 7) is 12.8. The van der Waals surface area contributed by atoms with Crippen molar-refractivity contribution in [3.05, 3.63) is 29.3 Å². The molecule has 0 spiro atoms. The van der Waals surface area contributed by atoms with Crippen molar-refractivity contribution in [1.82, 2.24) is 0 Å². The number of hydrogen-bond acceptors (Lipinski definition) is 1. The van der Waals surface area contributed by atoms with Gasteiger partial charge in [-0.05, 0) is 36.3 Å². The molecule has 1 unspecified atom stereocenters. The van der Waals surface area contributed by atoms with Gasteiger partial charge in [0, 0.05) is 5.69 Å². The first kappa shape index (κ1) is 20.2. The molecule has 2 nitrogen and oxygen atoms in total. The molecule has 0 aromatic heterocycles. The highest BCUT2D eigenvalue weighted by Crippen LogP contribution is 2.34. The summed E-state index contributed by atoms with van der Waals surface area (Å²) in [4.78, 5) is 12.8. The van der Waals surface area contributed by atoms with E-state index in [9.17, 15) is 4.79 Å². The number of carbonyl (C=O) groups excluding carboxylic acids is 1. The summed E-state index contributed by atoms with van der Waals surface area (Å²) in [5, 5.41) is 3.22. The Morgan fingerprint density at radius 2 is 1.65 bits per heavy atom. The van der Waals surface area contributed by atoms with Gasteiger partial charge < -0.3 is 5.32 Å². The molecule has 3 heteroatoms. The van der Waals surface area contributed by atoms with Crippen molar-refractivity contribution in [3.8, 4) is 0 Å². The summed E-state index contributed by atoms with van der Waals surface area (Å²) in [5.41, 5.74) is 3.42. The van der Waals surface area contributed by atoms with Gasteiger partial charge in [-0.25, -0.2) is 0 Å². The smallest absolute Gasteiger partial charge is 0.240 e. The highest BCUT2D eigenvalue weighted by Gasteiger charge is 2.30. The molecule has 0 aliphatic heterocycles. The maximum absolute atomic E-state index is 12.8. The summed E-state index contributed by atoms with van der Waals surface area (Å²) in [6.07, 6.45) is 4.24. The van der Waals surface area contributed by atoms with Crippen molar-refractivity contribution in [3.63, 3.8) is 0 Å². The van der Waals surface area contributed by atoms with Crippen molar-refractivity contribution in [2.75, 3.05) is 5.32 Å². The van der Waals surface area contributed by atoms with Crippen LogP contribution >= 0.6 is 15.9 Å². The van der Waals surface area contributed by atoms with Crippen LogP contribution in [0, 0.1) is 0 Å². The fraction of sp³-hybridized carbons (Fsp3) is 0.650. The molecule has 0 aliphatic rings. The van der Waals surface area contributed by atoms with Crippen LogP contribution < -0.4 is 5.32 Å². The lowest BCUT2D eigenvalue weighted by atomic mass is 9.92. The Kier molecular flexibility index (Phi) is 7.79. The number of benzene rings is 1. The number of alkyl halides is 1. The van der Waals surface area contributed by atoms with Gasteiger partial charge in [0.05, 0.1) is 0 Å². The maximum Gasteiger partial charge on any atom is 0.240 e. The van der Waals surface area contributed by atoms with Crippen LogP contribution in [-0.2, 0) is 4.79 Å². The number of amides is 1. The fourth-order valence-corrected chi connectivity index (χ4v) is 3.14. The average molecular weight is 382 g/mol. The quantitative estimate of drug-likeness (QED) is 0.398. The first-order chi connectivity index (χ1) is 10.7. The van der Waals surface area contributed by atoms with Gasteiger partial charge in [0.25, 0.3) is 0 Å². The summed E-state index contributed by atoms with van der Waals surface area (Å²) < 4.78 is -0.513. The third kappa shape index (κ3) is 5.63. The van der Waals surface area contributed by atoms with E-state index in [1.54, 1.807) is 0 Å². The average Bonchev–Trinajstić information content (AvgIpc) is 2.46. The van der Waals surface area contributed by atoms with E-state index in [2.05, 4.69) is 74.1 Å². The Morgan fingerprint density at radius 1 is 1.13 bits per heavy atom. The Hall–Kier alpha value is -0.830. The van der Waals surface area contributed by atoms with Crippen molar-refractivity contribution in [1.29, 1.82) is 0 Å². The minimum Gasteiger partial charge on any atom is -0.324 e. The molecule has 0 heterocycles. The molecule has 0 radical (unpaired) electrons. The highest BCUT2D eigenvalue weighted by atomic mass is 79.9. The predicted molar refractivity (Wildman–Crippen MR) is 105 cm³/mol. The van der Waals surface area contributed by atoms with E-state index in [1.807, 2.05) is 6.92 Å². The molecule has 1 atom stereocenters. The van der Waals surface area contributed by atoms with Gasteiger partial charge in [-0.2, -0.15) is 0 Å². The van der Waals surface area contributed by atoms with E-state index in [0.29, 0.717) is 11.8 Å². The summed E-state index contributed by atoms with van der Waals surface area (Å²) in [6, 6.07) is 6.33. The van der Waals surface area contributed by atoms with Gasteiger partial charge in [-0.3, -0.25) is 4.79 Å².